The first-order chi connectivity index (χ1) is 14.5. The van der Waals surface area contributed by atoms with Crippen molar-refractivity contribution in [2.45, 2.75) is 51.6 Å². The number of thiophene rings is 1. The molecule has 31 heavy (non-hydrogen) atoms. The van der Waals surface area contributed by atoms with Gasteiger partial charge >= 0.3 is 11.9 Å². The third-order valence-corrected chi connectivity index (χ3v) is 6.68. The molecule has 172 valence electrons. The summed E-state index contributed by atoms with van der Waals surface area (Å²) in [5.74, 6) is -0.358. The molecule has 1 saturated heterocycles. The fraction of sp³-hybridized carbons (Fsp3) is 0.632. The summed E-state index contributed by atoms with van der Waals surface area (Å²) in [5, 5.41) is 9.73. The molecule has 3 heterocycles. The van der Waals surface area contributed by atoms with Crippen molar-refractivity contribution in [1.82, 2.24) is 14.0 Å². The molecule has 1 aliphatic rings. The molecule has 2 aromatic heterocycles. The zero-order valence-corrected chi connectivity index (χ0v) is 18.0. The summed E-state index contributed by atoms with van der Waals surface area (Å²) in [6.07, 6.45) is -5.35. The Labute approximate surface area is 179 Å². The lowest BCUT2D eigenvalue weighted by atomic mass is 10.1. The van der Waals surface area contributed by atoms with Gasteiger partial charge in [0, 0.05) is 26.7 Å². The maximum absolute atomic E-state index is 13.0. The van der Waals surface area contributed by atoms with E-state index in [0.29, 0.717) is 31.5 Å². The number of aryl methyl sites for hydroxylation is 2. The van der Waals surface area contributed by atoms with Gasteiger partial charge in [-0.1, -0.05) is 0 Å². The number of likely N-dealkylation sites (tertiary alicyclic amines) is 1. The van der Waals surface area contributed by atoms with Crippen LogP contribution in [-0.4, -0.2) is 64.1 Å². The maximum Gasteiger partial charge on any atom is 0.390 e. The number of hydrogen-bond donors (Lipinski definition) is 1. The van der Waals surface area contributed by atoms with Crippen molar-refractivity contribution in [2.75, 3.05) is 26.8 Å². The van der Waals surface area contributed by atoms with Gasteiger partial charge in [0.15, 0.2) is 0 Å². The highest BCUT2D eigenvalue weighted by molar-refractivity contribution is 7.20. The number of alkyl halides is 3. The maximum atomic E-state index is 13.0. The van der Waals surface area contributed by atoms with E-state index in [-0.39, 0.29) is 34.2 Å². The van der Waals surface area contributed by atoms with Gasteiger partial charge in [-0.3, -0.25) is 18.7 Å². The highest BCUT2D eigenvalue weighted by Crippen LogP contribution is 2.31. The zero-order valence-electron chi connectivity index (χ0n) is 17.2. The Morgan fingerprint density at radius 2 is 1.84 bits per heavy atom. The van der Waals surface area contributed by atoms with E-state index in [1.165, 1.54) is 7.11 Å². The van der Waals surface area contributed by atoms with Crippen molar-refractivity contribution in [3.8, 4) is 0 Å². The van der Waals surface area contributed by atoms with E-state index in [1.54, 1.807) is 11.8 Å². The van der Waals surface area contributed by atoms with Gasteiger partial charge in [0.25, 0.3) is 11.5 Å². The van der Waals surface area contributed by atoms with E-state index in [0.717, 1.165) is 20.5 Å². The van der Waals surface area contributed by atoms with Crippen LogP contribution in [0.15, 0.2) is 9.59 Å². The van der Waals surface area contributed by atoms with E-state index in [1.807, 2.05) is 0 Å². The predicted molar refractivity (Wildman–Crippen MR) is 109 cm³/mol. The first-order valence-corrected chi connectivity index (χ1v) is 10.7. The summed E-state index contributed by atoms with van der Waals surface area (Å²) in [6.45, 7) is 1.50. The fourth-order valence-corrected chi connectivity index (χ4v) is 4.91. The van der Waals surface area contributed by atoms with Gasteiger partial charge in [0.1, 0.15) is 4.83 Å². The van der Waals surface area contributed by atoms with Crippen molar-refractivity contribution in [3.05, 3.63) is 31.3 Å². The summed E-state index contributed by atoms with van der Waals surface area (Å²) in [5.41, 5.74) is -1.17. The lowest BCUT2D eigenvalue weighted by molar-refractivity contribution is -0.136. The summed E-state index contributed by atoms with van der Waals surface area (Å²) < 4.78 is 45.3. The molecule has 0 bridgehead atoms. The average Bonchev–Trinajstić information content (AvgIpc) is 3.04. The molecule has 0 spiro atoms. The summed E-state index contributed by atoms with van der Waals surface area (Å²) in [7, 11) is 1.38. The van der Waals surface area contributed by atoms with E-state index < -0.39 is 36.5 Å². The number of aromatic nitrogens is 2. The Balaban J connectivity index is 2.14. The van der Waals surface area contributed by atoms with Gasteiger partial charge < -0.3 is 14.7 Å². The molecule has 2 aromatic rings. The molecule has 0 aliphatic carbocycles. The van der Waals surface area contributed by atoms with Gasteiger partial charge in [0.05, 0.1) is 35.9 Å². The summed E-state index contributed by atoms with van der Waals surface area (Å²) in [6, 6.07) is 0. The first-order valence-electron chi connectivity index (χ1n) is 9.85. The quantitative estimate of drug-likeness (QED) is 0.704. The smallest absolute Gasteiger partial charge is 0.390 e. The topological polar surface area (TPSA) is 93.8 Å². The van der Waals surface area contributed by atoms with Crippen LogP contribution < -0.4 is 11.2 Å². The number of halogens is 3. The van der Waals surface area contributed by atoms with Crippen molar-refractivity contribution < 1.29 is 27.8 Å². The Kier molecular flexibility index (Phi) is 6.92. The van der Waals surface area contributed by atoms with Gasteiger partial charge in [-0.25, -0.2) is 4.79 Å². The van der Waals surface area contributed by atoms with Gasteiger partial charge in [0.2, 0.25) is 0 Å². The molecule has 0 saturated carbocycles. The Hall–Kier alpha value is -2.18. The molecular formula is C19H24F3N3O5S. The van der Waals surface area contributed by atoms with Crippen LogP contribution in [0.5, 0.6) is 0 Å². The normalized spacial score (nSPS) is 15.7. The lowest BCUT2D eigenvalue weighted by Crippen LogP contribution is -2.41. The van der Waals surface area contributed by atoms with E-state index in [2.05, 4.69) is 0 Å². The van der Waals surface area contributed by atoms with E-state index >= 15 is 0 Å². The van der Waals surface area contributed by atoms with E-state index in [9.17, 15) is 32.7 Å². The van der Waals surface area contributed by atoms with Crippen LogP contribution in [0.1, 0.15) is 34.5 Å². The monoisotopic (exact) mass is 463 g/mol. The van der Waals surface area contributed by atoms with Gasteiger partial charge in [-0.2, -0.15) is 13.2 Å². The second-order valence-electron chi connectivity index (χ2n) is 7.51. The second-order valence-corrected chi connectivity index (χ2v) is 8.51. The standard InChI is InChI=1S/C19H24F3N3O5S/c1-11-13-15(27)24(9-10-30-2)18(29)25(8-5-19(20,21)22)17(13)31-14(11)16(28)23-6-3-12(26)4-7-23/h12,26H,3-10H2,1-2H3. The molecule has 0 aromatic carbocycles. The highest BCUT2D eigenvalue weighted by atomic mass is 32.1. The van der Waals surface area contributed by atoms with Crippen LogP contribution >= 0.6 is 11.3 Å². The highest BCUT2D eigenvalue weighted by Gasteiger charge is 2.30. The third kappa shape index (κ3) is 4.85. The third-order valence-electron chi connectivity index (χ3n) is 5.38. The Morgan fingerprint density at radius 1 is 1.19 bits per heavy atom. The SMILES string of the molecule is COCCn1c(=O)c2c(C)c(C(=O)N3CCC(O)CC3)sc2n(CCC(F)(F)F)c1=O. The predicted octanol–water partition coefficient (Wildman–Crippen LogP) is 1.73. The lowest BCUT2D eigenvalue weighted by Gasteiger charge is -2.29. The van der Waals surface area contributed by atoms with Gasteiger partial charge in [-0.05, 0) is 25.3 Å². The minimum Gasteiger partial charge on any atom is -0.393 e. The number of rotatable bonds is 6. The first kappa shape index (κ1) is 23.5. The number of amides is 1. The fourth-order valence-electron chi connectivity index (χ4n) is 3.63. The van der Waals surface area contributed by atoms with Crippen molar-refractivity contribution in [2.24, 2.45) is 0 Å². The number of carbonyl (C=O) groups excluding carboxylic acids is 1. The number of carbonyl (C=O) groups is 1. The number of fused-ring (bicyclic) bond motifs is 1. The molecule has 0 radical (unpaired) electrons. The number of ether oxygens (including phenoxy) is 1. The number of piperidine rings is 1. The minimum absolute atomic E-state index is 0.0327. The van der Waals surface area contributed by atoms with Crippen LogP contribution in [0, 0.1) is 6.92 Å². The largest absolute Gasteiger partial charge is 0.393 e. The Bertz CT molecular complexity index is 1080. The number of nitrogens with zero attached hydrogens (tertiary/aromatic N) is 3. The van der Waals surface area contributed by atoms with E-state index in [4.69, 9.17) is 4.74 Å². The number of hydrogen-bond acceptors (Lipinski definition) is 6. The van der Waals surface area contributed by atoms with Crippen LogP contribution in [0.25, 0.3) is 10.2 Å². The van der Waals surface area contributed by atoms with Crippen LogP contribution in [0.3, 0.4) is 0 Å². The molecule has 1 N–H and O–H groups in total. The van der Waals surface area contributed by atoms with Crippen molar-refractivity contribution in [3.63, 3.8) is 0 Å². The molecule has 0 atom stereocenters. The molecule has 0 unspecified atom stereocenters. The summed E-state index contributed by atoms with van der Waals surface area (Å²) >= 11 is 0.862. The molecule has 8 nitrogen and oxygen atoms in total. The second kappa shape index (κ2) is 9.13. The van der Waals surface area contributed by atoms with Crippen LogP contribution in [0.2, 0.25) is 0 Å². The molecule has 1 fully saturated rings. The minimum atomic E-state index is -4.49. The molecule has 12 heteroatoms. The Morgan fingerprint density at radius 3 is 2.42 bits per heavy atom. The number of aliphatic hydroxyl groups excluding tert-OH is 1. The average molecular weight is 463 g/mol. The molecule has 1 aliphatic heterocycles. The zero-order chi connectivity index (χ0) is 22.9. The number of methoxy groups -OCH3 is 1. The molecule has 3 rings (SSSR count). The van der Waals surface area contributed by atoms with Crippen molar-refractivity contribution in [1.29, 1.82) is 0 Å². The van der Waals surface area contributed by atoms with Crippen LogP contribution in [0.4, 0.5) is 13.2 Å². The summed E-state index contributed by atoms with van der Waals surface area (Å²) in [4.78, 5) is 40.7. The van der Waals surface area contributed by atoms with Gasteiger partial charge in [-0.15, -0.1) is 11.3 Å². The number of aliphatic hydroxyl groups is 1. The molecular weight excluding hydrogens is 439 g/mol. The molecule has 1 amide bonds. The van der Waals surface area contributed by atoms with Crippen LogP contribution in [-0.2, 0) is 17.8 Å². The van der Waals surface area contributed by atoms with Crippen molar-refractivity contribution >= 4 is 27.5 Å².